The van der Waals surface area contributed by atoms with Crippen molar-refractivity contribution in [3.8, 4) is 0 Å². The largest absolute Gasteiger partial charge is 0.456 e. The van der Waals surface area contributed by atoms with Gasteiger partial charge in [0.05, 0.1) is 29.0 Å². The van der Waals surface area contributed by atoms with Crippen LogP contribution in [0.2, 0.25) is 0 Å². The van der Waals surface area contributed by atoms with Crippen LogP contribution in [0.3, 0.4) is 0 Å². The molecule has 33 heavy (non-hydrogen) atoms. The van der Waals surface area contributed by atoms with Crippen LogP contribution in [0.4, 0.5) is 0 Å². The minimum atomic E-state index is -3.12. The Balaban J connectivity index is 1.61. The molecule has 1 aromatic heterocycles. The second-order valence-electron chi connectivity index (χ2n) is 8.25. The summed E-state index contributed by atoms with van der Waals surface area (Å²) in [6, 6.07) is 7.02. The number of hydrogen-bond donors (Lipinski definition) is 0. The standard InChI is InChI=1S/C23H31N3O6S/c1-3-5-13-26-20-9-7-6-8-18(20)24-19(23(26)29)10-11-22(28)32-15-21(27)25(4-2)17-12-14-33(30,31)16-17/h6-9,17H,3-5,10-16H2,1-2H3. The predicted octanol–water partition coefficient (Wildman–Crippen LogP) is 1.71. The third-order valence-electron chi connectivity index (χ3n) is 5.89. The van der Waals surface area contributed by atoms with Crippen LogP contribution in [0.1, 0.15) is 45.2 Å². The SMILES string of the molecule is CCCCn1c(=O)c(CCC(=O)OCC(=O)N(CC)C2CCS(=O)(=O)C2)nc2ccccc21. The number of amides is 1. The van der Waals surface area contributed by atoms with E-state index in [9.17, 15) is 22.8 Å². The van der Waals surface area contributed by atoms with Crippen LogP contribution in [-0.4, -0.2) is 65.4 Å². The number of carbonyl (C=O) groups excluding carboxylic acids is 2. The lowest BCUT2D eigenvalue weighted by Crippen LogP contribution is -2.43. The number of aromatic nitrogens is 2. The topological polar surface area (TPSA) is 116 Å². The molecule has 1 atom stereocenters. The van der Waals surface area contributed by atoms with Gasteiger partial charge in [-0.3, -0.25) is 14.4 Å². The van der Waals surface area contributed by atoms with Crippen LogP contribution in [0.5, 0.6) is 0 Å². The summed E-state index contributed by atoms with van der Waals surface area (Å²) < 4.78 is 30.2. The van der Waals surface area contributed by atoms with Crippen molar-refractivity contribution < 1.29 is 22.7 Å². The molecule has 1 amide bonds. The minimum absolute atomic E-state index is 0.0571. The second kappa shape index (κ2) is 10.9. The summed E-state index contributed by atoms with van der Waals surface area (Å²) in [5.74, 6) is -1.01. The van der Waals surface area contributed by atoms with Crippen LogP contribution >= 0.6 is 0 Å². The number of aryl methyl sites for hydroxylation is 2. The van der Waals surface area contributed by atoms with Crippen LogP contribution in [0.15, 0.2) is 29.1 Å². The van der Waals surface area contributed by atoms with E-state index in [1.54, 1.807) is 11.5 Å². The highest BCUT2D eigenvalue weighted by atomic mass is 32.2. The molecule has 0 saturated carbocycles. The number of ether oxygens (including phenoxy) is 1. The van der Waals surface area contributed by atoms with Crippen molar-refractivity contribution in [1.82, 2.24) is 14.5 Å². The molecule has 0 spiro atoms. The monoisotopic (exact) mass is 477 g/mol. The molecule has 1 aromatic carbocycles. The van der Waals surface area contributed by atoms with Crippen molar-refractivity contribution in [2.45, 2.75) is 58.5 Å². The van der Waals surface area contributed by atoms with Crippen LogP contribution < -0.4 is 5.56 Å². The van der Waals surface area contributed by atoms with E-state index in [-0.39, 0.29) is 35.9 Å². The first-order valence-electron chi connectivity index (χ1n) is 11.4. The lowest BCUT2D eigenvalue weighted by Gasteiger charge is -2.26. The van der Waals surface area contributed by atoms with Gasteiger partial charge in [-0.1, -0.05) is 25.5 Å². The first kappa shape index (κ1) is 24.9. The molecule has 2 heterocycles. The summed E-state index contributed by atoms with van der Waals surface area (Å²) in [6.45, 7) is 4.29. The van der Waals surface area contributed by atoms with Crippen molar-refractivity contribution in [1.29, 1.82) is 0 Å². The van der Waals surface area contributed by atoms with Gasteiger partial charge in [0.25, 0.3) is 11.5 Å². The highest BCUT2D eigenvalue weighted by Crippen LogP contribution is 2.18. The fourth-order valence-corrected chi connectivity index (χ4v) is 5.85. The molecule has 180 valence electrons. The number of sulfone groups is 1. The first-order chi connectivity index (χ1) is 15.8. The van der Waals surface area contributed by atoms with Gasteiger partial charge in [0.1, 0.15) is 5.69 Å². The summed E-state index contributed by atoms with van der Waals surface area (Å²) in [5.41, 5.74) is 1.53. The summed E-state index contributed by atoms with van der Waals surface area (Å²) in [7, 11) is -3.12. The maximum Gasteiger partial charge on any atom is 0.306 e. The third kappa shape index (κ3) is 6.19. The number of unbranched alkanes of at least 4 members (excludes halogenated alkanes) is 1. The van der Waals surface area contributed by atoms with Crippen molar-refractivity contribution >= 4 is 32.7 Å². The van der Waals surface area contributed by atoms with Gasteiger partial charge in [-0.05, 0) is 31.9 Å². The summed E-state index contributed by atoms with van der Waals surface area (Å²) in [5, 5.41) is 0. The Hall–Kier alpha value is -2.75. The molecule has 1 aliphatic rings. The molecule has 3 rings (SSSR count). The maximum absolute atomic E-state index is 12.9. The van der Waals surface area contributed by atoms with E-state index in [0.29, 0.717) is 30.7 Å². The third-order valence-corrected chi connectivity index (χ3v) is 7.64. The highest BCUT2D eigenvalue weighted by molar-refractivity contribution is 7.91. The van der Waals surface area contributed by atoms with Gasteiger partial charge in [-0.2, -0.15) is 0 Å². The van der Waals surface area contributed by atoms with Gasteiger partial charge in [-0.25, -0.2) is 13.4 Å². The van der Waals surface area contributed by atoms with Gasteiger partial charge in [0, 0.05) is 25.6 Å². The predicted molar refractivity (Wildman–Crippen MR) is 125 cm³/mol. The average molecular weight is 478 g/mol. The van der Waals surface area contributed by atoms with Gasteiger partial charge in [0.2, 0.25) is 0 Å². The number of nitrogens with zero attached hydrogens (tertiary/aromatic N) is 3. The lowest BCUT2D eigenvalue weighted by molar-refractivity contribution is -0.152. The quantitative estimate of drug-likeness (QED) is 0.478. The van der Waals surface area contributed by atoms with Crippen molar-refractivity contribution in [2.24, 2.45) is 0 Å². The van der Waals surface area contributed by atoms with E-state index in [0.717, 1.165) is 18.4 Å². The van der Waals surface area contributed by atoms with Crippen LogP contribution in [0.25, 0.3) is 11.0 Å². The van der Waals surface area contributed by atoms with E-state index in [1.807, 2.05) is 24.3 Å². The average Bonchev–Trinajstić information content (AvgIpc) is 3.15. The summed E-state index contributed by atoms with van der Waals surface area (Å²) in [4.78, 5) is 43.6. The zero-order valence-electron chi connectivity index (χ0n) is 19.2. The highest BCUT2D eigenvalue weighted by Gasteiger charge is 2.34. The van der Waals surface area contributed by atoms with Gasteiger partial charge in [-0.15, -0.1) is 0 Å². The van der Waals surface area contributed by atoms with E-state index in [2.05, 4.69) is 11.9 Å². The summed E-state index contributed by atoms with van der Waals surface area (Å²) in [6.07, 6.45) is 2.23. The molecular weight excluding hydrogens is 446 g/mol. The molecule has 0 radical (unpaired) electrons. The molecule has 2 aromatic rings. The molecule has 1 saturated heterocycles. The minimum Gasteiger partial charge on any atom is -0.456 e. The van der Waals surface area contributed by atoms with E-state index in [1.165, 1.54) is 4.90 Å². The molecule has 1 aliphatic heterocycles. The Kier molecular flexibility index (Phi) is 8.23. The molecular formula is C23H31N3O6S. The molecule has 0 aliphatic carbocycles. The Morgan fingerprint density at radius 2 is 2.00 bits per heavy atom. The Morgan fingerprint density at radius 1 is 1.24 bits per heavy atom. The molecule has 10 heteroatoms. The van der Waals surface area contributed by atoms with Crippen LogP contribution in [-0.2, 0) is 37.1 Å². The number of rotatable bonds is 10. The molecule has 0 bridgehead atoms. The number of fused-ring (bicyclic) bond motifs is 1. The van der Waals surface area contributed by atoms with E-state index >= 15 is 0 Å². The normalized spacial score (nSPS) is 17.2. The number of carbonyl (C=O) groups is 2. The molecule has 9 nitrogen and oxygen atoms in total. The maximum atomic E-state index is 12.9. The van der Waals surface area contributed by atoms with Gasteiger partial charge >= 0.3 is 5.97 Å². The number of esters is 1. The van der Waals surface area contributed by atoms with Crippen LogP contribution in [0, 0.1) is 0 Å². The second-order valence-corrected chi connectivity index (χ2v) is 10.5. The fraction of sp³-hybridized carbons (Fsp3) is 0.565. The zero-order valence-corrected chi connectivity index (χ0v) is 20.0. The fourth-order valence-electron chi connectivity index (χ4n) is 4.12. The number of para-hydroxylation sites is 2. The number of hydrogen-bond acceptors (Lipinski definition) is 7. The molecule has 0 N–H and O–H groups in total. The summed E-state index contributed by atoms with van der Waals surface area (Å²) >= 11 is 0. The smallest absolute Gasteiger partial charge is 0.306 e. The van der Waals surface area contributed by atoms with E-state index in [4.69, 9.17) is 4.74 Å². The van der Waals surface area contributed by atoms with Crippen molar-refractivity contribution in [3.05, 3.63) is 40.3 Å². The Bertz CT molecular complexity index is 1170. The van der Waals surface area contributed by atoms with Gasteiger partial charge in [0.15, 0.2) is 16.4 Å². The molecule has 1 fully saturated rings. The Morgan fingerprint density at radius 3 is 2.67 bits per heavy atom. The number of benzene rings is 1. The number of likely N-dealkylation sites (N-methyl/N-ethyl adjacent to an activating group) is 1. The zero-order chi connectivity index (χ0) is 24.0. The van der Waals surface area contributed by atoms with Gasteiger partial charge < -0.3 is 14.2 Å². The first-order valence-corrected chi connectivity index (χ1v) is 13.2. The van der Waals surface area contributed by atoms with Crippen molar-refractivity contribution in [3.63, 3.8) is 0 Å². The Labute approximate surface area is 193 Å². The van der Waals surface area contributed by atoms with E-state index < -0.39 is 28.3 Å². The lowest BCUT2D eigenvalue weighted by atomic mass is 10.2. The molecule has 1 unspecified atom stereocenters. The van der Waals surface area contributed by atoms with Crippen molar-refractivity contribution in [2.75, 3.05) is 24.7 Å².